The van der Waals surface area contributed by atoms with Gasteiger partial charge in [-0.2, -0.15) is 0 Å². The summed E-state index contributed by atoms with van der Waals surface area (Å²) in [6.07, 6.45) is 12.2. The molecule has 0 aliphatic rings. The summed E-state index contributed by atoms with van der Waals surface area (Å²) in [5.41, 5.74) is 36.0. The zero-order valence-electron chi connectivity index (χ0n) is 60.9. The molecule has 0 atom stereocenters. The SMILES string of the molecule is CCc1ccc(-c2ccc(C)cc2C)[n+](C)c1.Cc1cc(-c2ccc(C(C)C)cc2C)[n+](C)cc1C.Cc1cc(C(C)C)ccc1-c1ccc(C(C)C)c[n+]1C.Cc1ccc(-c2cc(C)c(C)c[n+]2C)c(C)c1.Cc1ccc(-c2ccc(C(C)C)c[n+]2C)c(C)c1. The molecule has 0 amide bonds. The largest absolute Gasteiger partial charge is 0.212 e. The summed E-state index contributed by atoms with van der Waals surface area (Å²) in [5, 5.41) is 0. The molecule has 0 spiro atoms. The highest BCUT2D eigenvalue weighted by Crippen LogP contribution is 2.29. The summed E-state index contributed by atoms with van der Waals surface area (Å²) in [5.74, 6) is 2.31. The van der Waals surface area contributed by atoms with Crippen LogP contribution in [0, 0.1) is 83.1 Å². The Hall–Kier alpha value is -8.15. The molecule has 91 heavy (non-hydrogen) atoms. The first-order valence-electron chi connectivity index (χ1n) is 33.2. The molecule has 0 saturated carbocycles. The van der Waals surface area contributed by atoms with Crippen LogP contribution in [0.5, 0.6) is 0 Å². The maximum absolute atomic E-state index is 2.32. The van der Waals surface area contributed by atoms with Crippen LogP contribution in [0.2, 0.25) is 0 Å². The highest BCUT2D eigenvalue weighted by Gasteiger charge is 2.20. The van der Waals surface area contributed by atoms with Gasteiger partial charge in [0.25, 0.3) is 0 Å². The highest BCUT2D eigenvalue weighted by molar-refractivity contribution is 5.66. The van der Waals surface area contributed by atoms with Gasteiger partial charge in [-0.3, -0.25) is 0 Å². The summed E-state index contributed by atoms with van der Waals surface area (Å²) in [4.78, 5) is 0. The Morgan fingerprint density at radius 2 is 0.505 bits per heavy atom. The van der Waals surface area contributed by atoms with Gasteiger partial charge in [0.05, 0.1) is 0 Å². The molecule has 476 valence electrons. The van der Waals surface area contributed by atoms with Crippen LogP contribution in [0.25, 0.3) is 56.3 Å². The van der Waals surface area contributed by atoms with Gasteiger partial charge in [-0.25, -0.2) is 22.8 Å². The smallest absolute Gasteiger partial charge is 0.201 e. The van der Waals surface area contributed by atoms with E-state index in [1.165, 1.54) is 151 Å². The van der Waals surface area contributed by atoms with E-state index in [-0.39, 0.29) is 0 Å². The lowest BCUT2D eigenvalue weighted by Crippen LogP contribution is -2.31. The zero-order valence-corrected chi connectivity index (χ0v) is 60.9. The van der Waals surface area contributed by atoms with E-state index in [9.17, 15) is 0 Å². The Morgan fingerprint density at radius 1 is 0.242 bits per heavy atom. The van der Waals surface area contributed by atoms with E-state index < -0.39 is 0 Å². The molecule has 5 aromatic heterocycles. The average Bonchev–Trinajstić information content (AvgIpc) is 1.62. The molecule has 10 aromatic rings. The number of aromatic nitrogens is 5. The lowest BCUT2D eigenvalue weighted by Gasteiger charge is -2.11. The van der Waals surface area contributed by atoms with Crippen molar-refractivity contribution in [2.75, 3.05) is 0 Å². The number of nitrogens with zero attached hydrogens (tertiary/aromatic N) is 5. The van der Waals surface area contributed by atoms with E-state index in [4.69, 9.17) is 0 Å². The predicted octanol–water partition coefficient (Wildman–Crippen LogP) is 19.6. The third-order valence-corrected chi connectivity index (χ3v) is 18.1. The van der Waals surface area contributed by atoms with Gasteiger partial charge in [0, 0.05) is 86.0 Å². The van der Waals surface area contributed by atoms with Crippen molar-refractivity contribution in [1.29, 1.82) is 0 Å². The van der Waals surface area contributed by atoms with Crippen LogP contribution in [-0.2, 0) is 41.7 Å². The molecular weight excluding hydrogens is 1100 g/mol. The molecule has 0 saturated heterocycles. The Kier molecular flexibility index (Phi) is 25.5. The molecule has 5 aromatic carbocycles. The second kappa shape index (κ2) is 32.2. The Morgan fingerprint density at radius 3 is 0.780 bits per heavy atom. The first-order valence-corrected chi connectivity index (χ1v) is 33.2. The van der Waals surface area contributed by atoms with E-state index in [0.29, 0.717) is 23.7 Å². The van der Waals surface area contributed by atoms with Crippen LogP contribution < -0.4 is 22.8 Å². The van der Waals surface area contributed by atoms with Gasteiger partial charge in [0.2, 0.25) is 28.5 Å². The minimum Gasteiger partial charge on any atom is -0.201 e. The molecule has 5 heteroatoms. The molecule has 5 nitrogen and oxygen atoms in total. The van der Waals surface area contributed by atoms with E-state index in [1.807, 2.05) is 0 Å². The first-order chi connectivity index (χ1) is 42.9. The molecule has 0 N–H and O–H groups in total. The molecule has 10 rings (SSSR count). The number of hydrogen-bond donors (Lipinski definition) is 0. The average molecular weight is 1220 g/mol. The Bertz CT molecular complexity index is 4080. The van der Waals surface area contributed by atoms with Crippen molar-refractivity contribution in [1.82, 2.24) is 0 Å². The fraction of sp³-hybridized carbons (Fsp3) is 0.360. The van der Waals surface area contributed by atoms with Gasteiger partial charge in [-0.15, -0.1) is 0 Å². The van der Waals surface area contributed by atoms with Gasteiger partial charge in [-0.1, -0.05) is 140 Å². The van der Waals surface area contributed by atoms with E-state index in [2.05, 4.69) is 374 Å². The molecule has 0 aliphatic heterocycles. The van der Waals surface area contributed by atoms with Crippen molar-refractivity contribution in [3.8, 4) is 56.3 Å². The van der Waals surface area contributed by atoms with Crippen molar-refractivity contribution >= 4 is 0 Å². The predicted molar refractivity (Wildman–Crippen MR) is 388 cm³/mol. The summed E-state index contributed by atoms with van der Waals surface area (Å²) < 4.78 is 11.1. The van der Waals surface area contributed by atoms with Gasteiger partial charge >= 0.3 is 0 Å². The Balaban J connectivity index is 0.000000181. The van der Waals surface area contributed by atoms with Crippen LogP contribution in [0.3, 0.4) is 0 Å². The van der Waals surface area contributed by atoms with E-state index in [0.717, 1.165) is 6.42 Å². The number of pyridine rings is 5. The van der Waals surface area contributed by atoms with Crippen molar-refractivity contribution in [3.63, 3.8) is 0 Å². The fourth-order valence-corrected chi connectivity index (χ4v) is 11.9. The lowest BCUT2D eigenvalue weighted by atomic mass is 9.95. The number of rotatable bonds is 10. The molecular formula is C86H112N5+5. The van der Waals surface area contributed by atoms with Crippen LogP contribution in [0.1, 0.15) is 181 Å². The molecule has 0 unspecified atom stereocenters. The van der Waals surface area contributed by atoms with E-state index in [1.54, 1.807) is 0 Å². The van der Waals surface area contributed by atoms with Gasteiger partial charge in [0.1, 0.15) is 35.2 Å². The number of benzene rings is 5. The topological polar surface area (TPSA) is 19.4 Å². The fourth-order valence-electron chi connectivity index (χ4n) is 11.9. The maximum Gasteiger partial charge on any atom is 0.212 e. The minimum atomic E-state index is 0.569. The van der Waals surface area contributed by atoms with Gasteiger partial charge in [-0.05, 0) is 212 Å². The molecule has 5 heterocycles. The molecule has 0 fully saturated rings. The van der Waals surface area contributed by atoms with Crippen molar-refractivity contribution in [2.24, 2.45) is 35.2 Å². The van der Waals surface area contributed by atoms with Crippen LogP contribution in [0.4, 0.5) is 0 Å². The monoisotopic (exact) mass is 1210 g/mol. The summed E-state index contributed by atoms with van der Waals surface area (Å²) in [6, 6.07) is 51.5. The number of hydrogen-bond acceptors (Lipinski definition) is 0. The number of aryl methyl sites for hydroxylation is 18. The van der Waals surface area contributed by atoms with Crippen molar-refractivity contribution < 1.29 is 22.8 Å². The normalized spacial score (nSPS) is 11.0. The first kappa shape index (κ1) is 71.9. The third-order valence-electron chi connectivity index (χ3n) is 18.1. The van der Waals surface area contributed by atoms with E-state index >= 15 is 0 Å². The second-order valence-electron chi connectivity index (χ2n) is 27.3. The summed E-state index contributed by atoms with van der Waals surface area (Å²) in [7, 11) is 10.6. The zero-order chi connectivity index (χ0) is 67.3. The van der Waals surface area contributed by atoms with Gasteiger partial charge < -0.3 is 0 Å². The lowest BCUT2D eigenvalue weighted by molar-refractivity contribution is -0.661. The third kappa shape index (κ3) is 19.0. The molecule has 0 aliphatic carbocycles. The standard InChI is InChI=1S/C19H26N.C18H24N.C17H22N.2C16H20N/c1-13(2)16-7-9-18(15(5)11-16)19-10-8-17(14(3)4)12-20(19)6;1-12(2)16-7-8-17(14(4)9-16)18-10-13(3)15(5)11-19(18)6;1-12(2)15-7-9-17(18(5)11-15)16-8-6-13(3)10-14(16)4;1-11-6-7-15(13(3)8-11)16-9-12(2)14(4)10-17(16)5;1-5-14-7-9-16(17(4)11-14)15-8-6-12(2)10-13(15)3/h7-14H,1-6H3;7-12H,1-6H3;6-12H,1-5H3;6-10H,1-5H3;6-11H,5H2,1-4H3/q5*+1. The summed E-state index contributed by atoms with van der Waals surface area (Å²) >= 11 is 0. The second-order valence-corrected chi connectivity index (χ2v) is 27.3. The van der Waals surface area contributed by atoms with Crippen LogP contribution in [-0.4, -0.2) is 0 Å². The highest BCUT2D eigenvalue weighted by atomic mass is 14.9. The van der Waals surface area contributed by atoms with Gasteiger partial charge in [0.15, 0.2) is 31.0 Å². The maximum atomic E-state index is 2.32. The van der Waals surface area contributed by atoms with Crippen molar-refractivity contribution in [2.45, 2.75) is 175 Å². The van der Waals surface area contributed by atoms with Crippen LogP contribution >= 0.6 is 0 Å². The molecule has 0 bridgehead atoms. The summed E-state index contributed by atoms with van der Waals surface area (Å²) in [6.45, 7) is 46.1. The van der Waals surface area contributed by atoms with Crippen molar-refractivity contribution in [3.05, 3.63) is 265 Å². The minimum absolute atomic E-state index is 0.569. The molecule has 0 radical (unpaired) electrons. The quantitative estimate of drug-likeness (QED) is 0.122. The Labute approximate surface area is 551 Å². The van der Waals surface area contributed by atoms with Crippen LogP contribution in [0.15, 0.2) is 171 Å².